The van der Waals surface area contributed by atoms with Crippen LogP contribution in [0.3, 0.4) is 0 Å². The number of hydrogen-bond acceptors (Lipinski definition) is 4. The van der Waals surface area contributed by atoms with Crippen molar-refractivity contribution in [2.75, 3.05) is 24.5 Å². The third kappa shape index (κ3) is 3.39. The van der Waals surface area contributed by atoms with Gasteiger partial charge in [0.25, 0.3) is 0 Å². The van der Waals surface area contributed by atoms with Crippen LogP contribution in [0.15, 0.2) is 42.6 Å². The molecule has 2 aromatic rings. The molecule has 1 atom stereocenters. The maximum atomic E-state index is 4.55. The lowest BCUT2D eigenvalue weighted by atomic mass is 10.1. The highest BCUT2D eigenvalue weighted by Crippen LogP contribution is 2.17. The zero-order chi connectivity index (χ0) is 14.7. The van der Waals surface area contributed by atoms with Gasteiger partial charge in [-0.05, 0) is 25.5 Å². The summed E-state index contributed by atoms with van der Waals surface area (Å²) < 4.78 is 0. The van der Waals surface area contributed by atoms with Crippen molar-refractivity contribution in [2.45, 2.75) is 26.4 Å². The Morgan fingerprint density at radius 3 is 2.67 bits per heavy atom. The maximum absolute atomic E-state index is 4.55. The summed E-state index contributed by atoms with van der Waals surface area (Å²) in [6.07, 6.45) is 1.85. The molecule has 0 N–H and O–H groups in total. The summed E-state index contributed by atoms with van der Waals surface area (Å²) in [5.74, 6) is 0.863. The Morgan fingerprint density at radius 1 is 1.14 bits per heavy atom. The fraction of sp³-hybridized carbons (Fsp3) is 0.412. The van der Waals surface area contributed by atoms with Gasteiger partial charge in [-0.15, -0.1) is 0 Å². The zero-order valence-electron chi connectivity index (χ0n) is 12.7. The molecular formula is C17H22N4. The number of aromatic nitrogens is 2. The van der Waals surface area contributed by atoms with Crippen LogP contribution in [0.1, 0.15) is 18.2 Å². The minimum Gasteiger partial charge on any atom is -0.336 e. The Kier molecular flexibility index (Phi) is 4.15. The van der Waals surface area contributed by atoms with E-state index < -0.39 is 0 Å². The first-order valence-corrected chi connectivity index (χ1v) is 7.55. The predicted molar refractivity (Wildman–Crippen MR) is 85.3 cm³/mol. The van der Waals surface area contributed by atoms with Gasteiger partial charge in [0.2, 0.25) is 5.95 Å². The van der Waals surface area contributed by atoms with E-state index in [0.717, 1.165) is 37.8 Å². The van der Waals surface area contributed by atoms with Gasteiger partial charge in [-0.25, -0.2) is 9.97 Å². The summed E-state index contributed by atoms with van der Waals surface area (Å²) >= 11 is 0. The van der Waals surface area contributed by atoms with E-state index in [-0.39, 0.29) is 0 Å². The second-order valence-electron chi connectivity index (χ2n) is 5.76. The van der Waals surface area contributed by atoms with Crippen LogP contribution in [0.5, 0.6) is 0 Å². The molecule has 2 heterocycles. The summed E-state index contributed by atoms with van der Waals surface area (Å²) in [5, 5.41) is 0. The van der Waals surface area contributed by atoms with Gasteiger partial charge >= 0.3 is 0 Å². The number of anilines is 1. The van der Waals surface area contributed by atoms with Gasteiger partial charge in [-0.1, -0.05) is 30.3 Å². The summed E-state index contributed by atoms with van der Waals surface area (Å²) in [7, 11) is 0. The molecule has 0 aliphatic carbocycles. The minimum atomic E-state index is 0.435. The van der Waals surface area contributed by atoms with E-state index in [9.17, 15) is 0 Å². The smallest absolute Gasteiger partial charge is 0.225 e. The van der Waals surface area contributed by atoms with Crippen molar-refractivity contribution < 1.29 is 0 Å². The fourth-order valence-electron chi connectivity index (χ4n) is 2.89. The van der Waals surface area contributed by atoms with Crippen molar-refractivity contribution in [1.29, 1.82) is 0 Å². The molecular weight excluding hydrogens is 260 g/mol. The van der Waals surface area contributed by atoms with Crippen molar-refractivity contribution in [1.82, 2.24) is 14.9 Å². The zero-order valence-corrected chi connectivity index (χ0v) is 12.7. The molecule has 0 saturated carbocycles. The fourth-order valence-corrected chi connectivity index (χ4v) is 2.89. The van der Waals surface area contributed by atoms with Gasteiger partial charge in [-0.2, -0.15) is 0 Å². The standard InChI is InChI=1S/C17H22N4/c1-14-8-9-18-17(19-14)21-11-10-20(12-15(21)2)13-16-6-4-3-5-7-16/h3-9,15H,10-13H2,1-2H3/t15-/m0/s1. The molecule has 1 aromatic carbocycles. The van der Waals surface area contributed by atoms with Gasteiger partial charge in [0.05, 0.1) is 0 Å². The molecule has 1 fully saturated rings. The molecule has 0 radical (unpaired) electrons. The maximum Gasteiger partial charge on any atom is 0.225 e. The number of benzene rings is 1. The van der Waals surface area contributed by atoms with Crippen LogP contribution >= 0.6 is 0 Å². The van der Waals surface area contributed by atoms with E-state index in [1.54, 1.807) is 0 Å². The molecule has 21 heavy (non-hydrogen) atoms. The number of rotatable bonds is 3. The molecule has 4 heteroatoms. The molecule has 0 spiro atoms. The lowest BCUT2D eigenvalue weighted by Crippen LogP contribution is -2.52. The highest BCUT2D eigenvalue weighted by atomic mass is 15.3. The largest absolute Gasteiger partial charge is 0.336 e. The van der Waals surface area contributed by atoms with Crippen LogP contribution < -0.4 is 4.90 Å². The van der Waals surface area contributed by atoms with Gasteiger partial charge in [0, 0.05) is 44.1 Å². The second kappa shape index (κ2) is 6.22. The topological polar surface area (TPSA) is 32.3 Å². The number of nitrogens with zero attached hydrogens (tertiary/aromatic N) is 4. The lowest BCUT2D eigenvalue weighted by Gasteiger charge is -2.40. The van der Waals surface area contributed by atoms with Gasteiger partial charge in [0.1, 0.15) is 0 Å². The van der Waals surface area contributed by atoms with Crippen LogP contribution in [-0.4, -0.2) is 40.5 Å². The van der Waals surface area contributed by atoms with Crippen LogP contribution in [0.4, 0.5) is 5.95 Å². The average molecular weight is 282 g/mol. The van der Waals surface area contributed by atoms with Crippen molar-refractivity contribution >= 4 is 5.95 Å². The van der Waals surface area contributed by atoms with Crippen LogP contribution in [0.25, 0.3) is 0 Å². The summed E-state index contributed by atoms with van der Waals surface area (Å²) in [6.45, 7) is 8.37. The van der Waals surface area contributed by atoms with Crippen molar-refractivity contribution in [2.24, 2.45) is 0 Å². The van der Waals surface area contributed by atoms with E-state index in [1.807, 2.05) is 19.2 Å². The van der Waals surface area contributed by atoms with Crippen LogP contribution in [-0.2, 0) is 6.54 Å². The molecule has 0 amide bonds. The number of aryl methyl sites for hydroxylation is 1. The van der Waals surface area contributed by atoms with E-state index in [0.29, 0.717) is 6.04 Å². The summed E-state index contributed by atoms with van der Waals surface area (Å²) in [5.41, 5.74) is 2.41. The average Bonchev–Trinajstić information content (AvgIpc) is 2.48. The van der Waals surface area contributed by atoms with Crippen LogP contribution in [0, 0.1) is 6.92 Å². The molecule has 0 unspecified atom stereocenters. The first-order valence-electron chi connectivity index (χ1n) is 7.55. The van der Waals surface area contributed by atoms with E-state index in [1.165, 1.54) is 5.56 Å². The molecule has 1 aliphatic heterocycles. The Labute approximate surface area is 126 Å². The quantitative estimate of drug-likeness (QED) is 0.866. The van der Waals surface area contributed by atoms with Gasteiger partial charge < -0.3 is 4.90 Å². The first kappa shape index (κ1) is 14.0. The number of hydrogen-bond donors (Lipinski definition) is 0. The summed E-state index contributed by atoms with van der Waals surface area (Å²) in [6, 6.07) is 13.1. The van der Waals surface area contributed by atoms with E-state index in [2.05, 4.69) is 57.0 Å². The van der Waals surface area contributed by atoms with Crippen molar-refractivity contribution in [3.05, 3.63) is 53.9 Å². The second-order valence-corrected chi connectivity index (χ2v) is 5.76. The van der Waals surface area contributed by atoms with Gasteiger partial charge in [-0.3, -0.25) is 4.90 Å². The van der Waals surface area contributed by atoms with Crippen molar-refractivity contribution in [3.63, 3.8) is 0 Å². The Hall–Kier alpha value is -1.94. The molecule has 1 aliphatic rings. The molecule has 1 saturated heterocycles. The molecule has 1 aromatic heterocycles. The summed E-state index contributed by atoms with van der Waals surface area (Å²) in [4.78, 5) is 13.8. The van der Waals surface area contributed by atoms with E-state index in [4.69, 9.17) is 0 Å². The highest BCUT2D eigenvalue weighted by Gasteiger charge is 2.25. The normalized spacial score (nSPS) is 19.7. The Morgan fingerprint density at radius 2 is 1.95 bits per heavy atom. The first-order chi connectivity index (χ1) is 10.2. The Balaban J connectivity index is 1.64. The predicted octanol–water partition coefficient (Wildman–Crippen LogP) is 2.50. The van der Waals surface area contributed by atoms with Crippen molar-refractivity contribution in [3.8, 4) is 0 Å². The van der Waals surface area contributed by atoms with Gasteiger partial charge in [0.15, 0.2) is 0 Å². The molecule has 0 bridgehead atoms. The highest BCUT2D eigenvalue weighted by molar-refractivity contribution is 5.33. The minimum absolute atomic E-state index is 0.435. The third-order valence-corrected chi connectivity index (χ3v) is 4.00. The Bertz CT molecular complexity index is 584. The van der Waals surface area contributed by atoms with Crippen LogP contribution in [0.2, 0.25) is 0 Å². The lowest BCUT2D eigenvalue weighted by molar-refractivity contribution is 0.219. The number of piperazine rings is 1. The molecule has 3 rings (SSSR count). The molecule has 110 valence electrons. The SMILES string of the molecule is Cc1ccnc(N2CCN(Cc3ccccc3)C[C@@H]2C)n1. The van der Waals surface area contributed by atoms with E-state index >= 15 is 0 Å². The third-order valence-electron chi connectivity index (χ3n) is 4.00. The molecule has 4 nitrogen and oxygen atoms in total. The monoisotopic (exact) mass is 282 g/mol.